The summed E-state index contributed by atoms with van der Waals surface area (Å²) >= 11 is 1.83. The van der Waals surface area contributed by atoms with E-state index in [0.717, 1.165) is 13.0 Å². The van der Waals surface area contributed by atoms with Gasteiger partial charge in [0.15, 0.2) is 0 Å². The molecule has 0 amide bonds. The molecule has 0 fully saturated rings. The molecule has 21 heavy (non-hydrogen) atoms. The van der Waals surface area contributed by atoms with Crippen molar-refractivity contribution < 1.29 is 4.74 Å². The number of nitrogens with two attached hydrogens (primary N) is 1. The van der Waals surface area contributed by atoms with Gasteiger partial charge in [-0.2, -0.15) is 0 Å². The molecule has 0 saturated heterocycles. The molecule has 1 unspecified atom stereocenters. The van der Waals surface area contributed by atoms with E-state index in [0.29, 0.717) is 6.54 Å². The highest BCUT2D eigenvalue weighted by molar-refractivity contribution is 7.19. The summed E-state index contributed by atoms with van der Waals surface area (Å²) in [7, 11) is 0. The molecule has 2 nitrogen and oxygen atoms in total. The van der Waals surface area contributed by atoms with Crippen molar-refractivity contribution in [3.8, 4) is 11.1 Å². The van der Waals surface area contributed by atoms with Crippen molar-refractivity contribution in [1.29, 1.82) is 0 Å². The van der Waals surface area contributed by atoms with Crippen LogP contribution in [-0.4, -0.2) is 13.2 Å². The third-order valence-electron chi connectivity index (χ3n) is 4.11. The average molecular weight is 295 g/mol. The van der Waals surface area contributed by atoms with Crippen LogP contribution in [0.2, 0.25) is 0 Å². The lowest BCUT2D eigenvalue weighted by molar-refractivity contribution is 0.0519. The molecular formula is C18H17NOS. The molecule has 0 spiro atoms. The first-order valence-corrected chi connectivity index (χ1v) is 8.11. The normalized spacial score (nSPS) is 17.9. The van der Waals surface area contributed by atoms with E-state index in [1.54, 1.807) is 0 Å². The Morgan fingerprint density at radius 3 is 2.76 bits per heavy atom. The molecule has 1 aliphatic rings. The van der Waals surface area contributed by atoms with E-state index >= 15 is 0 Å². The Morgan fingerprint density at radius 1 is 1.10 bits per heavy atom. The quantitative estimate of drug-likeness (QED) is 0.771. The Balaban J connectivity index is 1.88. The minimum atomic E-state index is 0.0753. The van der Waals surface area contributed by atoms with E-state index < -0.39 is 0 Å². The van der Waals surface area contributed by atoms with Gasteiger partial charge in [-0.05, 0) is 40.6 Å². The summed E-state index contributed by atoms with van der Waals surface area (Å²) in [5.41, 5.74) is 9.82. The minimum absolute atomic E-state index is 0.0753. The summed E-state index contributed by atoms with van der Waals surface area (Å²) in [5.74, 6) is 0. The van der Waals surface area contributed by atoms with Crippen molar-refractivity contribution in [1.82, 2.24) is 0 Å². The van der Waals surface area contributed by atoms with Crippen LogP contribution in [-0.2, 0) is 11.2 Å². The molecule has 3 aromatic rings. The number of ether oxygens (including phenoxy) is 1. The van der Waals surface area contributed by atoms with Crippen LogP contribution >= 0.6 is 11.3 Å². The van der Waals surface area contributed by atoms with Gasteiger partial charge in [0.1, 0.15) is 6.10 Å². The predicted octanol–water partition coefficient (Wildman–Crippen LogP) is 4.14. The van der Waals surface area contributed by atoms with Crippen molar-refractivity contribution in [2.45, 2.75) is 12.5 Å². The highest BCUT2D eigenvalue weighted by Crippen LogP contribution is 2.40. The lowest BCUT2D eigenvalue weighted by Crippen LogP contribution is -2.21. The average Bonchev–Trinajstić information content (AvgIpc) is 2.93. The van der Waals surface area contributed by atoms with Crippen LogP contribution in [0.5, 0.6) is 0 Å². The first-order chi connectivity index (χ1) is 10.4. The smallest absolute Gasteiger partial charge is 0.104 e. The Kier molecular flexibility index (Phi) is 3.26. The van der Waals surface area contributed by atoms with Crippen molar-refractivity contribution in [2.24, 2.45) is 5.73 Å². The van der Waals surface area contributed by atoms with Crippen molar-refractivity contribution in [3.63, 3.8) is 0 Å². The molecule has 0 aliphatic carbocycles. The Bertz CT molecular complexity index is 779. The maximum atomic E-state index is 5.84. The monoisotopic (exact) mass is 295 g/mol. The molecule has 3 heteroatoms. The van der Waals surface area contributed by atoms with E-state index in [1.165, 1.54) is 31.7 Å². The third-order valence-corrected chi connectivity index (χ3v) is 5.41. The van der Waals surface area contributed by atoms with Gasteiger partial charge in [-0.3, -0.25) is 0 Å². The molecule has 1 aliphatic heterocycles. The molecule has 2 N–H and O–H groups in total. The fourth-order valence-corrected chi connectivity index (χ4v) is 4.35. The zero-order valence-corrected chi connectivity index (χ0v) is 12.5. The lowest BCUT2D eigenvalue weighted by Gasteiger charge is -2.21. The zero-order chi connectivity index (χ0) is 14.2. The van der Waals surface area contributed by atoms with Gasteiger partial charge < -0.3 is 10.5 Å². The molecule has 0 bridgehead atoms. The van der Waals surface area contributed by atoms with Gasteiger partial charge >= 0.3 is 0 Å². The Hall–Kier alpha value is -1.68. The second-order valence-corrected chi connectivity index (χ2v) is 6.45. The van der Waals surface area contributed by atoms with Crippen molar-refractivity contribution in [2.75, 3.05) is 13.2 Å². The summed E-state index contributed by atoms with van der Waals surface area (Å²) < 4.78 is 7.12. The second-order valence-electron chi connectivity index (χ2n) is 5.37. The molecule has 2 aromatic carbocycles. The molecule has 0 radical (unpaired) electrons. The number of hydrogen-bond donors (Lipinski definition) is 1. The molecule has 2 heterocycles. The number of benzene rings is 2. The number of fused-ring (bicyclic) bond motifs is 3. The van der Waals surface area contributed by atoms with Gasteiger partial charge in [0.25, 0.3) is 0 Å². The molecule has 1 aromatic heterocycles. The van der Waals surface area contributed by atoms with Crippen LogP contribution in [0.4, 0.5) is 0 Å². The fourth-order valence-electron chi connectivity index (χ4n) is 3.05. The standard InChI is InChI=1S/C18H17NOS/c19-11-16-18-14(8-9-20-16)15-10-13(6-7-17(15)21-18)12-4-2-1-3-5-12/h1-7,10,16H,8-9,11,19H2. The third kappa shape index (κ3) is 2.18. The van der Waals surface area contributed by atoms with Crippen LogP contribution < -0.4 is 5.73 Å². The van der Waals surface area contributed by atoms with E-state index in [1.807, 2.05) is 11.3 Å². The van der Waals surface area contributed by atoms with Gasteiger partial charge in [0, 0.05) is 16.1 Å². The summed E-state index contributed by atoms with van der Waals surface area (Å²) in [6.07, 6.45) is 1.07. The lowest BCUT2D eigenvalue weighted by atomic mass is 9.99. The predicted molar refractivity (Wildman–Crippen MR) is 88.7 cm³/mol. The van der Waals surface area contributed by atoms with Gasteiger partial charge in [-0.25, -0.2) is 0 Å². The first kappa shape index (κ1) is 13.0. The minimum Gasteiger partial charge on any atom is -0.371 e. The number of thiophene rings is 1. The molecule has 1 atom stereocenters. The highest BCUT2D eigenvalue weighted by Gasteiger charge is 2.24. The molecule has 4 rings (SSSR count). The van der Waals surface area contributed by atoms with Gasteiger partial charge in [0.05, 0.1) is 6.61 Å². The van der Waals surface area contributed by atoms with E-state index in [4.69, 9.17) is 10.5 Å². The van der Waals surface area contributed by atoms with Crippen LogP contribution in [0, 0.1) is 0 Å². The maximum Gasteiger partial charge on any atom is 0.104 e. The Morgan fingerprint density at radius 2 is 1.95 bits per heavy atom. The van der Waals surface area contributed by atoms with Crippen LogP contribution in [0.3, 0.4) is 0 Å². The summed E-state index contributed by atoms with van der Waals surface area (Å²) in [6.45, 7) is 1.33. The van der Waals surface area contributed by atoms with E-state index in [-0.39, 0.29) is 6.10 Å². The summed E-state index contributed by atoms with van der Waals surface area (Å²) in [6, 6.07) is 17.3. The first-order valence-electron chi connectivity index (χ1n) is 7.29. The maximum absolute atomic E-state index is 5.84. The highest BCUT2D eigenvalue weighted by atomic mass is 32.1. The van der Waals surface area contributed by atoms with Crippen molar-refractivity contribution in [3.05, 3.63) is 59.0 Å². The topological polar surface area (TPSA) is 35.2 Å². The van der Waals surface area contributed by atoms with Crippen LogP contribution in [0.15, 0.2) is 48.5 Å². The second kappa shape index (κ2) is 5.26. The van der Waals surface area contributed by atoms with Crippen LogP contribution in [0.1, 0.15) is 16.5 Å². The summed E-state index contributed by atoms with van der Waals surface area (Å²) in [5, 5.41) is 1.37. The van der Waals surface area contributed by atoms with Crippen molar-refractivity contribution >= 4 is 21.4 Å². The summed E-state index contributed by atoms with van der Waals surface area (Å²) in [4.78, 5) is 1.32. The van der Waals surface area contributed by atoms with Gasteiger partial charge in [-0.15, -0.1) is 11.3 Å². The molecular weight excluding hydrogens is 278 g/mol. The fraction of sp³-hybridized carbons (Fsp3) is 0.222. The largest absolute Gasteiger partial charge is 0.371 e. The Labute approximate surface area is 128 Å². The van der Waals surface area contributed by atoms with Gasteiger partial charge in [-0.1, -0.05) is 36.4 Å². The van der Waals surface area contributed by atoms with E-state index in [2.05, 4.69) is 48.5 Å². The van der Waals surface area contributed by atoms with Gasteiger partial charge in [0.2, 0.25) is 0 Å². The van der Waals surface area contributed by atoms with Crippen LogP contribution in [0.25, 0.3) is 21.2 Å². The SMILES string of the molecule is NCC1OCCc2c1sc1ccc(-c3ccccc3)cc21. The number of rotatable bonds is 2. The molecule has 0 saturated carbocycles. The zero-order valence-electron chi connectivity index (χ0n) is 11.7. The number of hydrogen-bond acceptors (Lipinski definition) is 3. The van der Waals surface area contributed by atoms with E-state index in [9.17, 15) is 0 Å². The molecule has 106 valence electrons.